The van der Waals surface area contributed by atoms with Gasteiger partial charge in [-0.2, -0.15) is 0 Å². The van der Waals surface area contributed by atoms with Crippen molar-refractivity contribution in [1.82, 2.24) is 4.57 Å². The lowest BCUT2D eigenvalue weighted by atomic mass is 10.3. The van der Waals surface area contributed by atoms with Gasteiger partial charge in [0.2, 0.25) is 0 Å². The van der Waals surface area contributed by atoms with Crippen molar-refractivity contribution in [2.24, 2.45) is 0 Å². The molecule has 0 aliphatic carbocycles. The Morgan fingerprint density at radius 2 is 2.19 bits per heavy atom. The van der Waals surface area contributed by atoms with Crippen LogP contribution in [0.15, 0.2) is 16.9 Å². The highest BCUT2D eigenvalue weighted by Gasteiger charge is 2.06. The Labute approximate surface area is 93.3 Å². The molecule has 16 heavy (non-hydrogen) atoms. The molecule has 0 aliphatic rings. The Morgan fingerprint density at radius 1 is 1.50 bits per heavy atom. The zero-order valence-electron chi connectivity index (χ0n) is 9.40. The molecular formula is C11H15NO4. The number of aromatic nitrogens is 1. The van der Waals surface area contributed by atoms with Crippen LogP contribution in [0.25, 0.3) is 0 Å². The number of carbonyl (C=O) groups is 1. The van der Waals surface area contributed by atoms with E-state index in [1.807, 2.05) is 6.92 Å². The van der Waals surface area contributed by atoms with E-state index in [2.05, 4.69) is 0 Å². The molecule has 0 saturated carbocycles. The fourth-order valence-electron chi connectivity index (χ4n) is 1.38. The van der Waals surface area contributed by atoms with Crippen LogP contribution < -0.4 is 10.3 Å². The maximum absolute atomic E-state index is 11.6. The molecule has 0 aromatic carbocycles. The average molecular weight is 225 g/mol. The third-order valence-corrected chi connectivity index (χ3v) is 2.11. The van der Waals surface area contributed by atoms with Crippen LogP contribution in [0.5, 0.6) is 5.75 Å². The van der Waals surface area contributed by atoms with Gasteiger partial charge < -0.3 is 14.4 Å². The van der Waals surface area contributed by atoms with Crippen molar-refractivity contribution in [1.29, 1.82) is 0 Å². The van der Waals surface area contributed by atoms with E-state index in [4.69, 9.17) is 9.84 Å². The first kappa shape index (κ1) is 12.4. The predicted octanol–water partition coefficient (Wildman–Crippen LogP) is 0.328. The average Bonchev–Trinajstić information content (AvgIpc) is 2.25. The number of aliphatic hydroxyl groups is 1. The third-order valence-electron chi connectivity index (χ3n) is 2.11. The summed E-state index contributed by atoms with van der Waals surface area (Å²) in [5.74, 6) is 0.194. The van der Waals surface area contributed by atoms with E-state index in [0.717, 1.165) is 0 Å². The van der Waals surface area contributed by atoms with Crippen molar-refractivity contribution in [3.8, 4) is 5.75 Å². The lowest BCUT2D eigenvalue weighted by Gasteiger charge is -2.11. The Hall–Kier alpha value is -1.62. The molecule has 0 unspecified atom stereocenters. The van der Waals surface area contributed by atoms with E-state index in [1.165, 1.54) is 17.6 Å². The van der Waals surface area contributed by atoms with E-state index in [-0.39, 0.29) is 24.6 Å². The van der Waals surface area contributed by atoms with Crippen molar-refractivity contribution in [3.63, 3.8) is 0 Å². The maximum atomic E-state index is 11.6. The summed E-state index contributed by atoms with van der Waals surface area (Å²) in [6, 6.07) is 2.87. The second-order valence-corrected chi connectivity index (χ2v) is 3.41. The first-order chi connectivity index (χ1) is 7.58. The number of hydrogen-bond donors (Lipinski definition) is 1. The number of pyridine rings is 1. The molecule has 1 N–H and O–H groups in total. The largest absolute Gasteiger partial charge is 0.486 e. The molecule has 0 amide bonds. The smallest absolute Gasteiger partial charge is 0.254 e. The van der Waals surface area contributed by atoms with Gasteiger partial charge in [-0.05, 0) is 13.8 Å². The predicted molar refractivity (Wildman–Crippen MR) is 58.5 cm³/mol. The quantitative estimate of drug-likeness (QED) is 0.784. The van der Waals surface area contributed by atoms with Gasteiger partial charge in [0, 0.05) is 18.7 Å². The summed E-state index contributed by atoms with van der Waals surface area (Å²) in [4.78, 5) is 22.3. The number of ketones is 1. The Balaban J connectivity index is 3.01. The zero-order chi connectivity index (χ0) is 12.1. The maximum Gasteiger partial charge on any atom is 0.254 e. The first-order valence-electron chi connectivity index (χ1n) is 5.05. The molecule has 0 bridgehead atoms. The second kappa shape index (κ2) is 5.46. The van der Waals surface area contributed by atoms with E-state index in [0.29, 0.717) is 18.0 Å². The monoisotopic (exact) mass is 225 g/mol. The van der Waals surface area contributed by atoms with Crippen LogP contribution in [0, 0.1) is 0 Å². The van der Waals surface area contributed by atoms with Crippen LogP contribution in [0.3, 0.4) is 0 Å². The second-order valence-electron chi connectivity index (χ2n) is 3.41. The minimum absolute atomic E-state index is 0.0690. The fraction of sp³-hybridized carbons (Fsp3) is 0.455. The van der Waals surface area contributed by atoms with E-state index >= 15 is 0 Å². The normalized spacial score (nSPS) is 10.2. The van der Waals surface area contributed by atoms with Crippen LogP contribution in [-0.4, -0.2) is 22.1 Å². The standard InChI is InChI=1S/C11H15NO4/c1-3-12-9(6-13)4-10(5-11(12)15)16-7-8(2)14/h4-5,13H,3,6-7H2,1-2H3. The number of aliphatic hydroxyl groups excluding tert-OH is 1. The molecule has 1 aromatic rings. The summed E-state index contributed by atoms with van der Waals surface area (Å²) in [5.41, 5.74) is 0.237. The van der Waals surface area contributed by atoms with Crippen LogP contribution >= 0.6 is 0 Å². The number of hydrogen-bond acceptors (Lipinski definition) is 4. The number of rotatable bonds is 5. The molecule has 0 saturated heterocycles. The van der Waals surface area contributed by atoms with E-state index in [9.17, 15) is 9.59 Å². The van der Waals surface area contributed by atoms with E-state index < -0.39 is 0 Å². The first-order valence-corrected chi connectivity index (χ1v) is 5.05. The van der Waals surface area contributed by atoms with Crippen LogP contribution in [-0.2, 0) is 17.9 Å². The van der Waals surface area contributed by atoms with Crippen molar-refractivity contribution >= 4 is 5.78 Å². The van der Waals surface area contributed by atoms with E-state index in [1.54, 1.807) is 6.07 Å². The van der Waals surface area contributed by atoms with Crippen molar-refractivity contribution in [3.05, 3.63) is 28.2 Å². The lowest BCUT2D eigenvalue weighted by molar-refractivity contribution is -0.118. The molecule has 0 aliphatic heterocycles. The van der Waals surface area contributed by atoms with Crippen molar-refractivity contribution in [2.75, 3.05) is 6.61 Å². The number of carbonyl (C=O) groups excluding carboxylic acids is 1. The number of Topliss-reactive ketones (excluding diaryl/α,β-unsaturated/α-hetero) is 1. The lowest BCUT2D eigenvalue weighted by Crippen LogP contribution is -2.22. The Kier molecular flexibility index (Phi) is 4.25. The molecule has 5 nitrogen and oxygen atoms in total. The molecule has 1 aromatic heterocycles. The summed E-state index contributed by atoms with van der Waals surface area (Å²) >= 11 is 0. The minimum Gasteiger partial charge on any atom is -0.486 e. The third kappa shape index (κ3) is 2.93. The van der Waals surface area contributed by atoms with Gasteiger partial charge in [0.05, 0.1) is 12.3 Å². The summed E-state index contributed by atoms with van der Waals surface area (Å²) in [6.45, 7) is 3.40. The number of nitrogens with zero attached hydrogens (tertiary/aromatic N) is 1. The molecule has 5 heteroatoms. The summed E-state index contributed by atoms with van der Waals surface area (Å²) in [5, 5.41) is 9.09. The van der Waals surface area contributed by atoms with Gasteiger partial charge in [-0.15, -0.1) is 0 Å². The van der Waals surface area contributed by atoms with Gasteiger partial charge in [-0.1, -0.05) is 0 Å². The summed E-state index contributed by atoms with van der Waals surface area (Å²) < 4.78 is 6.56. The zero-order valence-corrected chi connectivity index (χ0v) is 9.40. The van der Waals surface area contributed by atoms with Gasteiger partial charge in [-0.3, -0.25) is 9.59 Å². The molecule has 1 rings (SSSR count). The summed E-state index contributed by atoms with van der Waals surface area (Å²) in [7, 11) is 0. The SMILES string of the molecule is CCn1c(CO)cc(OCC(C)=O)cc1=O. The van der Waals surface area contributed by atoms with Crippen molar-refractivity contribution < 1.29 is 14.6 Å². The van der Waals surface area contributed by atoms with Gasteiger partial charge in [-0.25, -0.2) is 0 Å². The van der Waals surface area contributed by atoms with Crippen molar-refractivity contribution in [2.45, 2.75) is 27.0 Å². The van der Waals surface area contributed by atoms with Crippen LogP contribution in [0.2, 0.25) is 0 Å². The van der Waals surface area contributed by atoms with Gasteiger partial charge in [0.15, 0.2) is 5.78 Å². The molecule has 0 atom stereocenters. The molecular weight excluding hydrogens is 210 g/mol. The molecule has 88 valence electrons. The van der Waals surface area contributed by atoms with Crippen LogP contribution in [0.4, 0.5) is 0 Å². The summed E-state index contributed by atoms with van der Waals surface area (Å²) in [6.07, 6.45) is 0. The molecule has 0 fully saturated rings. The fourth-order valence-corrected chi connectivity index (χ4v) is 1.38. The highest BCUT2D eigenvalue weighted by Crippen LogP contribution is 2.10. The highest BCUT2D eigenvalue weighted by molar-refractivity contribution is 5.77. The molecule has 0 radical (unpaired) electrons. The Bertz CT molecular complexity index is 436. The van der Waals surface area contributed by atoms with Gasteiger partial charge in [0.25, 0.3) is 5.56 Å². The molecule has 1 heterocycles. The topological polar surface area (TPSA) is 68.5 Å². The van der Waals surface area contributed by atoms with Crippen LogP contribution in [0.1, 0.15) is 19.5 Å². The Morgan fingerprint density at radius 3 is 2.69 bits per heavy atom. The number of ether oxygens (including phenoxy) is 1. The molecule has 0 spiro atoms. The van der Waals surface area contributed by atoms with Gasteiger partial charge in [0.1, 0.15) is 12.4 Å². The van der Waals surface area contributed by atoms with Gasteiger partial charge >= 0.3 is 0 Å². The minimum atomic E-state index is -0.243. The highest BCUT2D eigenvalue weighted by atomic mass is 16.5.